The van der Waals surface area contributed by atoms with E-state index in [0.717, 1.165) is 28.2 Å². The number of methoxy groups -OCH3 is 1. The van der Waals surface area contributed by atoms with Gasteiger partial charge < -0.3 is 14.0 Å². The third-order valence-electron chi connectivity index (χ3n) is 4.73. The number of ether oxygens (including phenoxy) is 1. The van der Waals surface area contributed by atoms with Crippen LogP contribution in [0.1, 0.15) is 27.2 Å². The minimum absolute atomic E-state index is 0.000881. The van der Waals surface area contributed by atoms with Gasteiger partial charge in [0.15, 0.2) is 0 Å². The Balaban J connectivity index is 1.95. The molecule has 0 spiro atoms. The van der Waals surface area contributed by atoms with E-state index in [-0.39, 0.29) is 5.91 Å². The monoisotopic (exact) mass is 351 g/mol. The average Bonchev–Trinajstić information content (AvgIpc) is 2.94. The molecule has 0 aliphatic heterocycles. The van der Waals surface area contributed by atoms with Crippen LogP contribution < -0.4 is 0 Å². The lowest BCUT2D eigenvalue weighted by Crippen LogP contribution is -2.29. The van der Waals surface area contributed by atoms with Crippen LogP contribution in [0.2, 0.25) is 0 Å². The fourth-order valence-corrected chi connectivity index (χ4v) is 3.14. The SMILES string of the molecule is COCCN(C)C(=O)c1ccc(-c2nc3cc(C)ccn3c2C)c(C)c1. The van der Waals surface area contributed by atoms with Gasteiger partial charge in [-0.1, -0.05) is 6.07 Å². The topological polar surface area (TPSA) is 46.8 Å². The molecule has 0 aliphatic rings. The first-order valence-electron chi connectivity index (χ1n) is 8.73. The number of aryl methyl sites for hydroxylation is 3. The number of carbonyl (C=O) groups excluding carboxylic acids is 1. The zero-order chi connectivity index (χ0) is 18.8. The third kappa shape index (κ3) is 3.35. The molecule has 0 saturated heterocycles. The summed E-state index contributed by atoms with van der Waals surface area (Å²) in [6.07, 6.45) is 2.05. The summed E-state index contributed by atoms with van der Waals surface area (Å²) in [6, 6.07) is 9.97. The van der Waals surface area contributed by atoms with Crippen molar-refractivity contribution in [2.45, 2.75) is 20.8 Å². The van der Waals surface area contributed by atoms with Gasteiger partial charge in [0.2, 0.25) is 0 Å². The van der Waals surface area contributed by atoms with Crippen molar-refractivity contribution in [3.63, 3.8) is 0 Å². The van der Waals surface area contributed by atoms with Crippen LogP contribution in [0, 0.1) is 20.8 Å². The molecule has 3 aromatic rings. The minimum Gasteiger partial charge on any atom is -0.383 e. The van der Waals surface area contributed by atoms with Crippen LogP contribution in [0.4, 0.5) is 0 Å². The summed E-state index contributed by atoms with van der Waals surface area (Å²) >= 11 is 0. The van der Waals surface area contributed by atoms with E-state index in [0.29, 0.717) is 18.7 Å². The normalized spacial score (nSPS) is 11.1. The molecule has 3 rings (SSSR count). The number of carbonyl (C=O) groups is 1. The third-order valence-corrected chi connectivity index (χ3v) is 4.73. The smallest absolute Gasteiger partial charge is 0.253 e. The van der Waals surface area contributed by atoms with Crippen molar-refractivity contribution in [1.29, 1.82) is 0 Å². The van der Waals surface area contributed by atoms with Crippen LogP contribution in [0.3, 0.4) is 0 Å². The largest absolute Gasteiger partial charge is 0.383 e. The summed E-state index contributed by atoms with van der Waals surface area (Å²) in [7, 11) is 3.43. The average molecular weight is 351 g/mol. The second kappa shape index (κ2) is 7.30. The predicted molar refractivity (Wildman–Crippen MR) is 104 cm³/mol. The van der Waals surface area contributed by atoms with E-state index in [2.05, 4.69) is 36.6 Å². The maximum absolute atomic E-state index is 12.5. The number of likely N-dealkylation sites (N-methyl/N-ethyl adjacent to an activating group) is 1. The van der Waals surface area contributed by atoms with E-state index in [4.69, 9.17) is 9.72 Å². The number of fused-ring (bicyclic) bond motifs is 1. The molecule has 0 radical (unpaired) electrons. The Morgan fingerprint density at radius 2 is 1.96 bits per heavy atom. The standard InChI is InChI=1S/C21H25N3O2/c1-14-8-9-24-16(3)20(22-19(24)12-14)18-7-6-17(13-15(18)2)21(25)23(4)10-11-26-5/h6-9,12-13H,10-11H2,1-5H3. The second-order valence-corrected chi connectivity index (χ2v) is 6.73. The number of imidazole rings is 1. The lowest BCUT2D eigenvalue weighted by Gasteiger charge is -2.17. The molecule has 1 aromatic carbocycles. The van der Waals surface area contributed by atoms with Crippen molar-refractivity contribution in [3.05, 3.63) is 58.9 Å². The predicted octanol–water partition coefficient (Wildman–Crippen LogP) is 3.64. The summed E-state index contributed by atoms with van der Waals surface area (Å²) in [5, 5.41) is 0. The van der Waals surface area contributed by atoms with Crippen molar-refractivity contribution in [3.8, 4) is 11.3 Å². The molecule has 0 N–H and O–H groups in total. The van der Waals surface area contributed by atoms with Gasteiger partial charge in [0.25, 0.3) is 5.91 Å². The first-order chi connectivity index (χ1) is 12.4. The molecular weight excluding hydrogens is 326 g/mol. The van der Waals surface area contributed by atoms with E-state index >= 15 is 0 Å². The fourth-order valence-electron chi connectivity index (χ4n) is 3.14. The Morgan fingerprint density at radius 1 is 1.19 bits per heavy atom. The van der Waals surface area contributed by atoms with Gasteiger partial charge in [-0.15, -0.1) is 0 Å². The first kappa shape index (κ1) is 18.1. The van der Waals surface area contributed by atoms with Gasteiger partial charge in [-0.05, 0) is 56.2 Å². The number of hydrogen-bond acceptors (Lipinski definition) is 3. The number of rotatable bonds is 5. The number of aromatic nitrogens is 2. The van der Waals surface area contributed by atoms with Crippen molar-refractivity contribution in [2.24, 2.45) is 0 Å². The fraction of sp³-hybridized carbons (Fsp3) is 0.333. The van der Waals surface area contributed by atoms with Gasteiger partial charge in [0.1, 0.15) is 5.65 Å². The second-order valence-electron chi connectivity index (χ2n) is 6.73. The molecule has 0 saturated carbocycles. The summed E-state index contributed by atoms with van der Waals surface area (Å²) < 4.78 is 7.14. The van der Waals surface area contributed by atoms with Crippen molar-refractivity contribution >= 4 is 11.6 Å². The van der Waals surface area contributed by atoms with Crippen molar-refractivity contribution in [2.75, 3.05) is 27.3 Å². The number of hydrogen-bond donors (Lipinski definition) is 0. The zero-order valence-electron chi connectivity index (χ0n) is 16.0. The first-order valence-corrected chi connectivity index (χ1v) is 8.73. The van der Waals surface area contributed by atoms with Gasteiger partial charge in [0, 0.05) is 43.7 Å². The number of nitrogens with zero attached hydrogens (tertiary/aromatic N) is 3. The Bertz CT molecular complexity index is 959. The van der Waals surface area contributed by atoms with Gasteiger partial charge in [0.05, 0.1) is 12.3 Å². The Hall–Kier alpha value is -2.66. The molecule has 5 nitrogen and oxygen atoms in total. The highest BCUT2D eigenvalue weighted by Crippen LogP contribution is 2.28. The summed E-state index contributed by atoms with van der Waals surface area (Å²) in [5.41, 5.74) is 6.96. The zero-order valence-corrected chi connectivity index (χ0v) is 16.0. The highest BCUT2D eigenvalue weighted by molar-refractivity contribution is 5.95. The maximum atomic E-state index is 12.5. The lowest BCUT2D eigenvalue weighted by atomic mass is 10.0. The highest BCUT2D eigenvalue weighted by Gasteiger charge is 2.16. The Labute approximate surface area is 154 Å². The molecule has 0 bridgehead atoms. The number of pyridine rings is 1. The number of benzene rings is 1. The van der Waals surface area contributed by atoms with Gasteiger partial charge >= 0.3 is 0 Å². The number of amides is 1. The van der Waals surface area contributed by atoms with Gasteiger partial charge in [-0.2, -0.15) is 0 Å². The summed E-state index contributed by atoms with van der Waals surface area (Å²) in [4.78, 5) is 19.0. The molecular formula is C21H25N3O2. The molecule has 1 amide bonds. The highest BCUT2D eigenvalue weighted by atomic mass is 16.5. The van der Waals surface area contributed by atoms with E-state index in [1.165, 1.54) is 5.56 Å². The Morgan fingerprint density at radius 3 is 2.65 bits per heavy atom. The van der Waals surface area contributed by atoms with Crippen LogP contribution in [0.15, 0.2) is 36.5 Å². The van der Waals surface area contributed by atoms with E-state index in [9.17, 15) is 4.79 Å². The van der Waals surface area contributed by atoms with Gasteiger partial charge in [-0.3, -0.25) is 4.79 Å². The van der Waals surface area contributed by atoms with Crippen molar-refractivity contribution < 1.29 is 9.53 Å². The molecule has 0 atom stereocenters. The van der Waals surface area contributed by atoms with Crippen LogP contribution in [0.5, 0.6) is 0 Å². The summed E-state index contributed by atoms with van der Waals surface area (Å²) in [6.45, 7) is 7.26. The van der Waals surface area contributed by atoms with E-state index < -0.39 is 0 Å². The Kier molecular flexibility index (Phi) is 5.09. The lowest BCUT2D eigenvalue weighted by molar-refractivity contribution is 0.0744. The molecule has 26 heavy (non-hydrogen) atoms. The molecule has 2 aromatic heterocycles. The van der Waals surface area contributed by atoms with Crippen LogP contribution in [-0.2, 0) is 4.74 Å². The molecule has 2 heterocycles. The quantitative estimate of drug-likeness (QED) is 0.705. The molecule has 0 fully saturated rings. The van der Waals surface area contributed by atoms with E-state index in [1.807, 2.05) is 25.1 Å². The van der Waals surface area contributed by atoms with Crippen molar-refractivity contribution in [1.82, 2.24) is 14.3 Å². The van der Waals surface area contributed by atoms with Crippen LogP contribution >= 0.6 is 0 Å². The molecule has 5 heteroatoms. The minimum atomic E-state index is -0.000881. The molecule has 136 valence electrons. The van der Waals surface area contributed by atoms with Crippen LogP contribution in [-0.4, -0.2) is 47.5 Å². The maximum Gasteiger partial charge on any atom is 0.253 e. The van der Waals surface area contributed by atoms with E-state index in [1.54, 1.807) is 19.1 Å². The van der Waals surface area contributed by atoms with Crippen LogP contribution in [0.25, 0.3) is 16.9 Å². The molecule has 0 aliphatic carbocycles. The summed E-state index contributed by atoms with van der Waals surface area (Å²) in [5.74, 6) is -0.000881. The molecule has 0 unspecified atom stereocenters. The van der Waals surface area contributed by atoms with Gasteiger partial charge in [-0.25, -0.2) is 4.98 Å².